The van der Waals surface area contributed by atoms with Crippen LogP contribution >= 0.6 is 0 Å². The average molecular weight is 474 g/mol. The fourth-order valence-electron chi connectivity index (χ4n) is 0. The molecule has 0 unspecified atom stereocenters. The summed E-state index contributed by atoms with van der Waals surface area (Å²) in [6, 6.07) is 0. The molecule has 0 spiro atoms. The van der Waals surface area contributed by atoms with Crippen LogP contribution in [0.4, 0.5) is 0 Å². The van der Waals surface area contributed by atoms with Crippen molar-refractivity contribution in [1.29, 1.82) is 0 Å². The van der Waals surface area contributed by atoms with Crippen LogP contribution in [0.15, 0.2) is 0 Å². The summed E-state index contributed by atoms with van der Waals surface area (Å²) in [7, 11) is 0. The van der Waals surface area contributed by atoms with Gasteiger partial charge in [0.15, 0.2) is 0 Å². The summed E-state index contributed by atoms with van der Waals surface area (Å²) in [6.45, 7) is 0. The first-order chi connectivity index (χ1) is 5.66. The molecule has 0 rings (SSSR count). The Morgan fingerprint density at radius 2 is 0.571 bits per heavy atom. The van der Waals surface area contributed by atoms with Crippen molar-refractivity contribution in [3.63, 3.8) is 0 Å². The Bertz CT molecular complexity index is 75.3. The maximum absolute atomic E-state index is 8.38. The first kappa shape index (κ1) is 36.0. The predicted octanol–water partition coefficient (Wildman–Crippen LogP) is -5.25. The van der Waals surface area contributed by atoms with E-state index in [1.165, 1.54) is 0 Å². The second-order valence-corrected chi connectivity index (χ2v) is 0.972. The Kier molecular flexibility index (Phi) is 207. The topological polar surface area (TPSA) is 161 Å². The summed E-state index contributed by atoms with van der Waals surface area (Å²) in [4.78, 5) is 0. The van der Waals surface area contributed by atoms with Gasteiger partial charge in [-0.3, -0.25) is 0 Å². The first-order valence-electron chi connectivity index (χ1n) is 1.15. The normalized spacial score (nSPS) is 4.86. The SMILES string of the molecule is [Cu+2].[Ni+2].[O]=[Fe][O-].[O]=[Fe][O-].[O]=[Fe][O-].[O]=[Fe][O-]. The van der Waals surface area contributed by atoms with E-state index < -0.39 is 60.9 Å². The minimum absolute atomic E-state index is 0. The molecular weight excluding hydrogens is 474 g/mol. The molecule has 0 aliphatic rings. The Hall–Kier alpha value is 2.13. The van der Waals surface area contributed by atoms with E-state index in [-0.39, 0.29) is 33.6 Å². The second kappa shape index (κ2) is 80.4. The molecule has 14 heteroatoms. The first-order valence-corrected chi connectivity index (χ1v) is 4.76. The van der Waals surface area contributed by atoms with Gasteiger partial charge in [-0.15, -0.1) is 0 Å². The van der Waals surface area contributed by atoms with E-state index in [2.05, 4.69) is 0 Å². The molecule has 0 atom stereocenters. The third-order valence-corrected chi connectivity index (χ3v) is 0. The Morgan fingerprint density at radius 1 is 0.571 bits per heavy atom. The van der Waals surface area contributed by atoms with Crippen molar-refractivity contribution < 1.29 is 127 Å². The fraction of sp³-hybridized carbons (Fsp3) is 0. The van der Waals surface area contributed by atoms with E-state index in [0.717, 1.165) is 0 Å². The van der Waals surface area contributed by atoms with Crippen LogP contribution in [-0.2, 0) is 110 Å². The Morgan fingerprint density at radius 3 is 0.571 bits per heavy atom. The fourth-order valence-corrected chi connectivity index (χ4v) is 0. The van der Waals surface area contributed by atoms with E-state index in [4.69, 9.17) is 32.1 Å². The van der Waals surface area contributed by atoms with Gasteiger partial charge in [-0.2, -0.15) is 0 Å². The summed E-state index contributed by atoms with van der Waals surface area (Å²) in [5.74, 6) is 0. The van der Waals surface area contributed by atoms with E-state index in [9.17, 15) is 0 Å². The Labute approximate surface area is 125 Å². The van der Waals surface area contributed by atoms with Gasteiger partial charge in [-0.1, -0.05) is 0 Å². The standard InChI is InChI=1S/Cu.4Fe.Ni.8O/q+2;;;;;+2;;;;;4*-1. The van der Waals surface area contributed by atoms with E-state index in [1.54, 1.807) is 0 Å². The molecule has 8 nitrogen and oxygen atoms in total. The van der Waals surface area contributed by atoms with Crippen molar-refractivity contribution in [2.24, 2.45) is 0 Å². The van der Waals surface area contributed by atoms with Crippen molar-refractivity contribution in [2.45, 2.75) is 0 Å². The molecule has 14 heavy (non-hydrogen) atoms. The molecule has 0 aromatic rings. The van der Waals surface area contributed by atoms with Gasteiger partial charge >= 0.3 is 127 Å². The number of hydrogen-bond acceptors (Lipinski definition) is 8. The van der Waals surface area contributed by atoms with Crippen LogP contribution in [0.5, 0.6) is 0 Å². The molecule has 0 aromatic carbocycles. The third kappa shape index (κ3) is 537. The van der Waals surface area contributed by atoms with Gasteiger partial charge in [0.25, 0.3) is 0 Å². The van der Waals surface area contributed by atoms with Crippen LogP contribution in [0.1, 0.15) is 0 Å². The monoisotopic (exact) mass is 473 g/mol. The summed E-state index contributed by atoms with van der Waals surface area (Å²) < 4.78 is 67.0. The summed E-state index contributed by atoms with van der Waals surface area (Å²) in [6.07, 6.45) is 0. The van der Waals surface area contributed by atoms with Gasteiger partial charge in [0.05, 0.1) is 0 Å². The number of hydrogen-bond donors (Lipinski definition) is 0. The van der Waals surface area contributed by atoms with Gasteiger partial charge in [0, 0.05) is 0 Å². The van der Waals surface area contributed by atoms with Gasteiger partial charge in [-0.05, 0) is 0 Å². The molecule has 101 valence electrons. The van der Waals surface area contributed by atoms with E-state index >= 15 is 0 Å². The third-order valence-electron chi connectivity index (χ3n) is 0. The van der Waals surface area contributed by atoms with Crippen molar-refractivity contribution in [2.75, 3.05) is 0 Å². The zero-order valence-electron chi connectivity index (χ0n) is 5.30. The Balaban J connectivity index is -0.0000000145. The van der Waals surface area contributed by atoms with E-state index in [1.807, 2.05) is 0 Å². The predicted molar refractivity (Wildman–Crippen MR) is 2.75 cm³/mol. The molecule has 0 aliphatic heterocycles. The summed E-state index contributed by atoms with van der Waals surface area (Å²) in [5, 5.41) is 0. The molecule has 1 radical (unpaired) electrons. The van der Waals surface area contributed by atoms with Gasteiger partial charge in [0.1, 0.15) is 0 Å². The minimum atomic E-state index is -1.25. The van der Waals surface area contributed by atoms with Crippen molar-refractivity contribution >= 4 is 0 Å². The molecule has 0 saturated heterocycles. The molecule has 0 fully saturated rings. The zero-order valence-corrected chi connectivity index (χ0v) is 11.6. The quantitative estimate of drug-likeness (QED) is 0.315. The number of rotatable bonds is 0. The van der Waals surface area contributed by atoms with Crippen molar-refractivity contribution in [3.05, 3.63) is 0 Å². The average Bonchev–Trinajstić information content (AvgIpc) is 1.92. The zero-order chi connectivity index (χ0) is 10.8. The van der Waals surface area contributed by atoms with Crippen molar-refractivity contribution in [1.82, 2.24) is 0 Å². The molecule has 0 N–H and O–H groups in total. The molecule has 0 heterocycles. The van der Waals surface area contributed by atoms with Crippen LogP contribution in [0.3, 0.4) is 0 Å². The van der Waals surface area contributed by atoms with Gasteiger partial charge < -0.3 is 0 Å². The van der Waals surface area contributed by atoms with Gasteiger partial charge in [0.2, 0.25) is 0 Å². The van der Waals surface area contributed by atoms with Crippen LogP contribution in [0.2, 0.25) is 0 Å². The molecule has 0 amide bonds. The molecule has 0 saturated carbocycles. The van der Waals surface area contributed by atoms with Gasteiger partial charge in [-0.25, -0.2) is 0 Å². The van der Waals surface area contributed by atoms with Crippen molar-refractivity contribution in [3.8, 4) is 0 Å². The molecular formula is CuFe4NiO8. The molecule has 0 aliphatic carbocycles. The van der Waals surface area contributed by atoms with Crippen LogP contribution < -0.4 is 16.8 Å². The van der Waals surface area contributed by atoms with E-state index in [0.29, 0.717) is 0 Å². The second-order valence-electron chi connectivity index (χ2n) is 0.236. The maximum atomic E-state index is 8.38. The molecule has 0 aromatic heterocycles. The molecule has 0 bridgehead atoms. The van der Waals surface area contributed by atoms with Crippen LogP contribution in [-0.4, -0.2) is 0 Å². The van der Waals surface area contributed by atoms with Crippen LogP contribution in [0, 0.1) is 0 Å². The summed E-state index contributed by atoms with van der Waals surface area (Å²) in [5.41, 5.74) is 0. The van der Waals surface area contributed by atoms with Crippen LogP contribution in [0.25, 0.3) is 0 Å². The summed E-state index contributed by atoms with van der Waals surface area (Å²) >= 11 is -5.00.